The molecule has 1 aliphatic heterocycles. The molecule has 1 atom stereocenters. The second-order valence-corrected chi connectivity index (χ2v) is 3.79. The number of halogens is 4. The van der Waals surface area contributed by atoms with Crippen molar-refractivity contribution in [2.24, 2.45) is 4.99 Å². The van der Waals surface area contributed by atoms with Gasteiger partial charge >= 0.3 is 0 Å². The van der Waals surface area contributed by atoms with Crippen molar-refractivity contribution in [2.75, 3.05) is 0 Å². The minimum atomic E-state index is -3.52. The molecule has 6 heteroatoms. The van der Waals surface area contributed by atoms with Gasteiger partial charge in [0.1, 0.15) is 6.04 Å². The summed E-state index contributed by atoms with van der Waals surface area (Å²) in [4.78, 5) is 3.28. The van der Waals surface area contributed by atoms with Crippen LogP contribution in [-0.2, 0) is 20.1 Å². The Labute approximate surface area is 109 Å². The van der Waals surface area contributed by atoms with E-state index in [1.54, 1.807) is 18.2 Å². The number of hydrogen-bond donors (Lipinski definition) is 0. The van der Waals surface area contributed by atoms with Crippen LogP contribution in [0, 0.1) is 0 Å². The molecule has 17 heavy (non-hydrogen) atoms. The van der Waals surface area contributed by atoms with Gasteiger partial charge in [-0.25, -0.2) is 17.6 Å². The molecular weight excluding hydrogens is 414 g/mol. The van der Waals surface area contributed by atoms with Crippen molar-refractivity contribution in [1.29, 1.82) is 0 Å². The van der Waals surface area contributed by atoms with Gasteiger partial charge in [-0.3, -0.25) is 4.99 Å². The predicted molar refractivity (Wildman–Crippen MR) is 52.2 cm³/mol. The maximum atomic E-state index is 13.5. The SMILES string of the molecule is FC1(F)C=NC(c2ccccc2)C(F)(F)C1.[Ir]. The molecule has 0 fully saturated rings. The summed E-state index contributed by atoms with van der Waals surface area (Å²) in [5, 5.41) is 0. The Kier molecular flexibility index (Phi) is 4.10. The number of hydrogen-bond acceptors (Lipinski definition) is 1. The summed E-state index contributed by atoms with van der Waals surface area (Å²) in [7, 11) is 0. The number of aliphatic imine (C=N–C) groups is 1. The molecule has 1 aromatic carbocycles. The van der Waals surface area contributed by atoms with Gasteiger partial charge in [0, 0.05) is 20.1 Å². The van der Waals surface area contributed by atoms with Gasteiger partial charge < -0.3 is 0 Å². The van der Waals surface area contributed by atoms with Gasteiger partial charge in [0.15, 0.2) is 0 Å². The van der Waals surface area contributed by atoms with E-state index in [0.29, 0.717) is 6.21 Å². The summed E-state index contributed by atoms with van der Waals surface area (Å²) >= 11 is 0. The third-order valence-electron chi connectivity index (χ3n) is 2.40. The molecule has 0 saturated heterocycles. The van der Waals surface area contributed by atoms with Crippen molar-refractivity contribution in [1.82, 2.24) is 0 Å². The third kappa shape index (κ3) is 3.13. The molecule has 2 rings (SSSR count). The molecular formula is C11H9F4IrN. The van der Waals surface area contributed by atoms with E-state index in [9.17, 15) is 17.6 Å². The number of benzene rings is 1. The summed E-state index contributed by atoms with van der Waals surface area (Å²) in [6, 6.07) is 6.23. The van der Waals surface area contributed by atoms with Crippen LogP contribution in [0.1, 0.15) is 18.0 Å². The van der Waals surface area contributed by atoms with Crippen molar-refractivity contribution >= 4 is 6.21 Å². The Hall–Kier alpha value is -0.741. The fourth-order valence-electron chi connectivity index (χ4n) is 1.71. The minimum absolute atomic E-state index is 0. The van der Waals surface area contributed by atoms with Gasteiger partial charge in [-0.15, -0.1) is 0 Å². The van der Waals surface area contributed by atoms with E-state index in [1.807, 2.05) is 0 Å². The molecule has 0 amide bonds. The predicted octanol–water partition coefficient (Wildman–Crippen LogP) is 3.47. The quantitative estimate of drug-likeness (QED) is 0.614. The first-order valence-corrected chi connectivity index (χ1v) is 4.76. The van der Waals surface area contributed by atoms with Crippen LogP contribution in [-0.4, -0.2) is 18.1 Å². The maximum Gasteiger partial charge on any atom is 0.288 e. The fourth-order valence-corrected chi connectivity index (χ4v) is 1.71. The normalized spacial score (nSPS) is 25.1. The zero-order valence-corrected chi connectivity index (χ0v) is 10.9. The summed E-state index contributed by atoms with van der Waals surface area (Å²) in [5.74, 6) is -7.03. The largest absolute Gasteiger partial charge is 0.288 e. The van der Waals surface area contributed by atoms with Crippen LogP contribution < -0.4 is 0 Å². The molecule has 0 aliphatic carbocycles. The average molecular weight is 423 g/mol. The fraction of sp³-hybridized carbons (Fsp3) is 0.364. The molecule has 1 aromatic rings. The van der Waals surface area contributed by atoms with E-state index >= 15 is 0 Å². The molecule has 1 heterocycles. The first kappa shape index (κ1) is 14.3. The van der Waals surface area contributed by atoms with Gasteiger partial charge in [-0.05, 0) is 5.56 Å². The van der Waals surface area contributed by atoms with Gasteiger partial charge in [0.2, 0.25) is 0 Å². The molecule has 1 aliphatic rings. The molecule has 1 nitrogen and oxygen atoms in total. The standard InChI is InChI=1S/C11H9F4N.Ir/c12-10(13)6-11(14,15)9(16-7-10)8-4-2-1-3-5-8;/h1-5,7,9H,6H2;. The Morgan fingerprint density at radius 3 is 2.18 bits per heavy atom. The van der Waals surface area contributed by atoms with Gasteiger partial charge in [0.05, 0.1) is 12.6 Å². The van der Waals surface area contributed by atoms with E-state index in [4.69, 9.17) is 0 Å². The molecule has 0 N–H and O–H groups in total. The summed E-state index contributed by atoms with van der Waals surface area (Å²) < 4.78 is 52.4. The second-order valence-electron chi connectivity index (χ2n) is 3.79. The van der Waals surface area contributed by atoms with Crippen LogP contribution in [0.5, 0.6) is 0 Å². The zero-order chi connectivity index (χ0) is 11.8. The van der Waals surface area contributed by atoms with E-state index < -0.39 is 24.3 Å². The Morgan fingerprint density at radius 2 is 1.65 bits per heavy atom. The molecule has 1 radical (unpaired) electrons. The van der Waals surface area contributed by atoms with Gasteiger partial charge in [0.25, 0.3) is 11.8 Å². The molecule has 0 bridgehead atoms. The van der Waals surface area contributed by atoms with Crippen LogP contribution in [0.2, 0.25) is 0 Å². The topological polar surface area (TPSA) is 12.4 Å². The van der Waals surface area contributed by atoms with Crippen molar-refractivity contribution in [3.05, 3.63) is 35.9 Å². The van der Waals surface area contributed by atoms with Crippen LogP contribution in [0.3, 0.4) is 0 Å². The molecule has 0 aromatic heterocycles. The Bertz CT molecular complexity index is 405. The number of alkyl halides is 4. The zero-order valence-electron chi connectivity index (χ0n) is 8.54. The Morgan fingerprint density at radius 1 is 1.06 bits per heavy atom. The van der Waals surface area contributed by atoms with Crippen molar-refractivity contribution in [3.63, 3.8) is 0 Å². The first-order chi connectivity index (χ1) is 7.41. The van der Waals surface area contributed by atoms with E-state index in [0.717, 1.165) is 0 Å². The monoisotopic (exact) mass is 424 g/mol. The number of rotatable bonds is 1. The maximum absolute atomic E-state index is 13.5. The molecule has 0 spiro atoms. The minimum Gasteiger partial charge on any atom is -0.277 e. The van der Waals surface area contributed by atoms with Crippen LogP contribution in [0.4, 0.5) is 17.6 Å². The van der Waals surface area contributed by atoms with Crippen LogP contribution in [0.25, 0.3) is 0 Å². The Balaban J connectivity index is 0.00000144. The second kappa shape index (κ2) is 4.86. The van der Waals surface area contributed by atoms with Crippen molar-refractivity contribution < 1.29 is 37.7 Å². The average Bonchev–Trinajstić information content (AvgIpc) is 2.16. The van der Waals surface area contributed by atoms with E-state index in [2.05, 4.69) is 4.99 Å². The van der Waals surface area contributed by atoms with Crippen LogP contribution >= 0.6 is 0 Å². The van der Waals surface area contributed by atoms with Gasteiger partial charge in [-0.2, -0.15) is 0 Å². The van der Waals surface area contributed by atoms with Crippen molar-refractivity contribution in [3.8, 4) is 0 Å². The first-order valence-electron chi connectivity index (χ1n) is 4.76. The van der Waals surface area contributed by atoms with Crippen LogP contribution in [0.15, 0.2) is 35.3 Å². The van der Waals surface area contributed by atoms with E-state index in [1.165, 1.54) is 12.1 Å². The summed E-state index contributed by atoms with van der Waals surface area (Å²) in [6.07, 6.45) is -1.16. The third-order valence-corrected chi connectivity index (χ3v) is 2.40. The smallest absolute Gasteiger partial charge is 0.277 e. The van der Waals surface area contributed by atoms with E-state index in [-0.39, 0.29) is 25.7 Å². The summed E-state index contributed by atoms with van der Waals surface area (Å²) in [5.41, 5.74) is 0.249. The molecule has 95 valence electrons. The molecule has 1 unspecified atom stereocenters. The summed E-state index contributed by atoms with van der Waals surface area (Å²) in [6.45, 7) is 0. The molecule has 0 saturated carbocycles. The van der Waals surface area contributed by atoms with Crippen molar-refractivity contribution in [2.45, 2.75) is 24.3 Å². The van der Waals surface area contributed by atoms with Gasteiger partial charge in [-0.1, -0.05) is 30.3 Å². The number of nitrogens with zero attached hydrogens (tertiary/aromatic N) is 1.